The van der Waals surface area contributed by atoms with Crippen molar-refractivity contribution < 1.29 is 23.4 Å². The summed E-state index contributed by atoms with van der Waals surface area (Å²) in [5.74, 6) is 1.09. The molecule has 1 N–H and O–H groups in total. The van der Waals surface area contributed by atoms with Crippen LogP contribution in [0.3, 0.4) is 0 Å². The van der Waals surface area contributed by atoms with Crippen LogP contribution in [0.15, 0.2) is 42.5 Å². The molecule has 142 valence electrons. The van der Waals surface area contributed by atoms with E-state index in [0.29, 0.717) is 30.2 Å². The molecule has 2 rings (SSSR count). The summed E-state index contributed by atoms with van der Waals surface area (Å²) in [6.07, 6.45) is 0.366. The smallest absolute Gasteiger partial charge is 0.234 e. The van der Waals surface area contributed by atoms with E-state index in [1.807, 2.05) is 12.1 Å². The van der Waals surface area contributed by atoms with E-state index in [9.17, 15) is 9.18 Å². The minimum absolute atomic E-state index is 0.164. The Kier molecular flexibility index (Phi) is 7.92. The largest absolute Gasteiger partial charge is 0.493 e. The van der Waals surface area contributed by atoms with E-state index in [2.05, 4.69) is 5.32 Å². The van der Waals surface area contributed by atoms with E-state index in [0.717, 1.165) is 5.56 Å². The zero-order valence-electron chi connectivity index (χ0n) is 15.0. The summed E-state index contributed by atoms with van der Waals surface area (Å²) in [7, 11) is 1.55. The Bertz CT molecular complexity index is 788. The number of halogens is 1. The summed E-state index contributed by atoms with van der Waals surface area (Å²) >= 11 is 0. The zero-order chi connectivity index (χ0) is 19.5. The molecule has 0 atom stereocenters. The summed E-state index contributed by atoms with van der Waals surface area (Å²) in [5.41, 5.74) is 0.869. The lowest BCUT2D eigenvalue weighted by molar-refractivity contribution is -0.120. The molecule has 0 unspecified atom stereocenters. The third kappa shape index (κ3) is 6.51. The maximum atomic E-state index is 12.9. The highest BCUT2D eigenvalue weighted by Crippen LogP contribution is 2.31. The molecular weight excluding hydrogens is 351 g/mol. The van der Waals surface area contributed by atoms with Crippen molar-refractivity contribution in [3.63, 3.8) is 0 Å². The van der Waals surface area contributed by atoms with E-state index >= 15 is 0 Å². The second kappa shape index (κ2) is 10.7. The number of benzene rings is 2. The molecule has 0 fully saturated rings. The van der Waals surface area contributed by atoms with Crippen molar-refractivity contribution in [2.45, 2.75) is 12.8 Å². The lowest BCUT2D eigenvalue weighted by Crippen LogP contribution is -2.25. The van der Waals surface area contributed by atoms with Crippen molar-refractivity contribution >= 4 is 5.91 Å². The van der Waals surface area contributed by atoms with Gasteiger partial charge >= 0.3 is 0 Å². The first-order valence-electron chi connectivity index (χ1n) is 8.44. The Morgan fingerprint density at radius 2 is 1.89 bits per heavy atom. The fourth-order valence-electron chi connectivity index (χ4n) is 2.39. The Hall–Kier alpha value is -3.27. The van der Waals surface area contributed by atoms with Crippen molar-refractivity contribution in [2.75, 3.05) is 26.9 Å². The number of hydrogen-bond acceptors (Lipinski definition) is 5. The van der Waals surface area contributed by atoms with Gasteiger partial charge in [-0.3, -0.25) is 4.79 Å². The van der Waals surface area contributed by atoms with Crippen molar-refractivity contribution in [3.05, 3.63) is 53.8 Å². The van der Waals surface area contributed by atoms with Gasteiger partial charge in [0.05, 0.1) is 13.2 Å². The van der Waals surface area contributed by atoms with Crippen LogP contribution in [0.5, 0.6) is 17.2 Å². The zero-order valence-corrected chi connectivity index (χ0v) is 15.0. The standard InChI is InChI=1S/C20H21FN2O4/c1-25-18-4-2-3-15(10-12-23-19(24)9-11-22)20(18)27-14-13-26-17-7-5-16(21)6-8-17/h2-8H,9-10,12-14H2,1H3,(H,23,24). The van der Waals surface area contributed by atoms with E-state index in [1.165, 1.54) is 12.1 Å². The van der Waals surface area contributed by atoms with E-state index in [-0.39, 0.29) is 31.4 Å². The molecule has 0 aliphatic heterocycles. The number of ether oxygens (including phenoxy) is 3. The van der Waals surface area contributed by atoms with Gasteiger partial charge < -0.3 is 19.5 Å². The molecule has 0 saturated carbocycles. The minimum Gasteiger partial charge on any atom is -0.493 e. The van der Waals surface area contributed by atoms with E-state index in [1.54, 1.807) is 31.4 Å². The average molecular weight is 372 g/mol. The van der Waals surface area contributed by atoms with Gasteiger partial charge in [0, 0.05) is 6.54 Å². The van der Waals surface area contributed by atoms with Gasteiger partial charge in [0.1, 0.15) is 31.2 Å². The van der Waals surface area contributed by atoms with Crippen molar-refractivity contribution in [3.8, 4) is 23.3 Å². The molecule has 0 aromatic heterocycles. The van der Waals surface area contributed by atoms with Gasteiger partial charge in [-0.25, -0.2) is 4.39 Å². The number of methoxy groups -OCH3 is 1. The molecule has 0 bridgehead atoms. The first kappa shape index (κ1) is 20.0. The first-order valence-corrected chi connectivity index (χ1v) is 8.44. The van der Waals surface area contributed by atoms with Crippen LogP contribution in [0.25, 0.3) is 0 Å². The summed E-state index contributed by atoms with van der Waals surface area (Å²) in [6, 6.07) is 13.1. The summed E-state index contributed by atoms with van der Waals surface area (Å²) in [5, 5.41) is 11.2. The predicted molar refractivity (Wildman–Crippen MR) is 97.3 cm³/mol. The second-order valence-electron chi connectivity index (χ2n) is 5.53. The van der Waals surface area contributed by atoms with Crippen LogP contribution < -0.4 is 19.5 Å². The second-order valence-corrected chi connectivity index (χ2v) is 5.53. The molecule has 0 aliphatic rings. The molecular formula is C20H21FN2O4. The van der Waals surface area contributed by atoms with Gasteiger partial charge in [0.15, 0.2) is 11.5 Å². The lowest BCUT2D eigenvalue weighted by Gasteiger charge is -2.15. The maximum absolute atomic E-state index is 12.9. The normalized spacial score (nSPS) is 9.96. The quantitative estimate of drug-likeness (QED) is 0.649. The molecule has 0 radical (unpaired) electrons. The molecule has 2 aromatic carbocycles. The highest BCUT2D eigenvalue weighted by Gasteiger charge is 2.11. The number of nitriles is 1. The first-order chi connectivity index (χ1) is 13.1. The Morgan fingerprint density at radius 1 is 1.15 bits per heavy atom. The number of nitrogens with one attached hydrogen (secondary N) is 1. The monoisotopic (exact) mass is 372 g/mol. The van der Waals surface area contributed by atoms with Crippen molar-refractivity contribution in [1.29, 1.82) is 5.26 Å². The van der Waals surface area contributed by atoms with E-state index in [4.69, 9.17) is 19.5 Å². The van der Waals surface area contributed by atoms with Crippen molar-refractivity contribution in [2.24, 2.45) is 0 Å². The predicted octanol–water partition coefficient (Wildman–Crippen LogP) is 2.86. The minimum atomic E-state index is -0.320. The molecule has 0 saturated heterocycles. The third-order valence-corrected chi connectivity index (χ3v) is 3.65. The summed E-state index contributed by atoms with van der Waals surface area (Å²) in [6.45, 7) is 0.934. The number of nitrogens with zero attached hydrogens (tertiary/aromatic N) is 1. The Labute approximate surface area is 157 Å². The SMILES string of the molecule is COc1cccc(CCNC(=O)CC#N)c1OCCOc1ccc(F)cc1. The molecule has 6 nitrogen and oxygen atoms in total. The Balaban J connectivity index is 1.90. The highest BCUT2D eigenvalue weighted by atomic mass is 19.1. The number of carbonyl (C=O) groups excluding carboxylic acids is 1. The summed E-state index contributed by atoms with van der Waals surface area (Å²) < 4.78 is 29.6. The van der Waals surface area contributed by atoms with E-state index < -0.39 is 0 Å². The van der Waals surface area contributed by atoms with Gasteiger partial charge in [0.2, 0.25) is 5.91 Å². The van der Waals surface area contributed by atoms with Gasteiger partial charge in [-0.05, 0) is 42.3 Å². The van der Waals surface area contributed by atoms with Crippen LogP contribution in [-0.2, 0) is 11.2 Å². The topological polar surface area (TPSA) is 80.6 Å². The third-order valence-electron chi connectivity index (χ3n) is 3.65. The fourth-order valence-corrected chi connectivity index (χ4v) is 2.39. The van der Waals surface area contributed by atoms with Gasteiger partial charge in [-0.1, -0.05) is 12.1 Å². The molecule has 1 amide bonds. The summed E-state index contributed by atoms with van der Waals surface area (Å²) in [4.78, 5) is 11.4. The number of para-hydroxylation sites is 1. The van der Waals surface area contributed by atoms with Crippen LogP contribution in [0.2, 0.25) is 0 Å². The van der Waals surface area contributed by atoms with Crippen LogP contribution in [0.1, 0.15) is 12.0 Å². The molecule has 27 heavy (non-hydrogen) atoms. The molecule has 7 heteroatoms. The number of amides is 1. The highest BCUT2D eigenvalue weighted by molar-refractivity contribution is 5.77. The number of carbonyl (C=O) groups is 1. The van der Waals surface area contributed by atoms with Crippen LogP contribution >= 0.6 is 0 Å². The molecule has 0 aliphatic carbocycles. The van der Waals surface area contributed by atoms with Crippen LogP contribution in [-0.4, -0.2) is 32.8 Å². The maximum Gasteiger partial charge on any atom is 0.234 e. The molecule has 0 spiro atoms. The average Bonchev–Trinajstić information content (AvgIpc) is 2.67. The molecule has 0 heterocycles. The van der Waals surface area contributed by atoms with Gasteiger partial charge in [0.25, 0.3) is 0 Å². The Morgan fingerprint density at radius 3 is 2.59 bits per heavy atom. The van der Waals surface area contributed by atoms with Gasteiger partial charge in [-0.15, -0.1) is 0 Å². The van der Waals surface area contributed by atoms with Crippen molar-refractivity contribution in [1.82, 2.24) is 5.32 Å². The molecule has 2 aromatic rings. The fraction of sp³-hybridized carbons (Fsp3) is 0.300. The number of hydrogen-bond donors (Lipinski definition) is 1. The van der Waals surface area contributed by atoms with Crippen LogP contribution in [0.4, 0.5) is 4.39 Å². The number of rotatable bonds is 10. The lowest BCUT2D eigenvalue weighted by atomic mass is 10.1. The van der Waals surface area contributed by atoms with Crippen LogP contribution in [0, 0.1) is 17.1 Å². The van der Waals surface area contributed by atoms with Gasteiger partial charge in [-0.2, -0.15) is 5.26 Å².